The quantitative estimate of drug-likeness (QED) is 0.764. The molecule has 0 bridgehead atoms. The molecular formula is C15H25NO4. The van der Waals surface area contributed by atoms with Crippen LogP contribution in [0.5, 0.6) is 0 Å². The van der Waals surface area contributed by atoms with Crippen LogP contribution in [0.3, 0.4) is 0 Å². The van der Waals surface area contributed by atoms with E-state index in [0.29, 0.717) is 12.8 Å². The van der Waals surface area contributed by atoms with Gasteiger partial charge in [-0.15, -0.1) is 0 Å². The summed E-state index contributed by atoms with van der Waals surface area (Å²) in [5, 5.41) is 12.5. The van der Waals surface area contributed by atoms with Gasteiger partial charge in [0.05, 0.1) is 6.10 Å². The molecule has 0 radical (unpaired) electrons. The van der Waals surface area contributed by atoms with E-state index in [9.17, 15) is 14.7 Å². The zero-order chi connectivity index (χ0) is 15.0. The molecule has 2 aliphatic carbocycles. The van der Waals surface area contributed by atoms with Gasteiger partial charge in [0.1, 0.15) is 12.1 Å². The number of ether oxygens (including phenoxy) is 1. The van der Waals surface area contributed by atoms with Gasteiger partial charge in [0.2, 0.25) is 5.91 Å². The van der Waals surface area contributed by atoms with Crippen molar-refractivity contribution in [3.8, 4) is 0 Å². The van der Waals surface area contributed by atoms with Crippen molar-refractivity contribution in [1.82, 2.24) is 5.32 Å². The number of esters is 1. The number of hydrogen-bond donors (Lipinski definition) is 2. The first-order chi connectivity index (χ1) is 9.23. The van der Waals surface area contributed by atoms with Gasteiger partial charge in [-0.2, -0.15) is 0 Å². The Labute approximate surface area is 120 Å². The van der Waals surface area contributed by atoms with Crippen LogP contribution < -0.4 is 5.32 Å². The van der Waals surface area contributed by atoms with Crippen LogP contribution in [0.15, 0.2) is 0 Å². The summed E-state index contributed by atoms with van der Waals surface area (Å²) in [6.45, 7) is 5.30. The highest BCUT2D eigenvalue weighted by atomic mass is 16.6. The zero-order valence-electron chi connectivity index (χ0n) is 12.6. The summed E-state index contributed by atoms with van der Waals surface area (Å²) in [5.74, 6) is -0.276. The fourth-order valence-corrected chi connectivity index (χ4v) is 3.31. The fourth-order valence-electron chi connectivity index (χ4n) is 3.31. The van der Waals surface area contributed by atoms with Gasteiger partial charge in [-0.05, 0) is 51.4 Å². The first-order valence-electron chi connectivity index (χ1n) is 7.39. The lowest BCUT2D eigenvalue weighted by atomic mass is 9.47. The average molecular weight is 283 g/mol. The number of nitrogens with one attached hydrogen (secondary N) is 1. The number of carbonyl (C=O) groups is 2. The van der Waals surface area contributed by atoms with E-state index in [-0.39, 0.29) is 29.9 Å². The molecule has 2 rings (SSSR count). The van der Waals surface area contributed by atoms with Crippen molar-refractivity contribution in [3.05, 3.63) is 0 Å². The van der Waals surface area contributed by atoms with E-state index in [1.807, 2.05) is 0 Å². The highest BCUT2D eigenvalue weighted by Gasteiger charge is 2.57. The molecule has 5 nitrogen and oxygen atoms in total. The monoisotopic (exact) mass is 283 g/mol. The Bertz CT molecular complexity index is 395. The Morgan fingerprint density at radius 3 is 2.45 bits per heavy atom. The van der Waals surface area contributed by atoms with Crippen molar-refractivity contribution in [2.75, 3.05) is 6.54 Å². The summed E-state index contributed by atoms with van der Waals surface area (Å²) < 4.78 is 5.13. The van der Waals surface area contributed by atoms with Crippen LogP contribution in [-0.2, 0) is 14.3 Å². The predicted molar refractivity (Wildman–Crippen MR) is 73.9 cm³/mol. The largest absolute Gasteiger partial charge is 0.459 e. The average Bonchev–Trinajstić information content (AvgIpc) is 2.20. The number of carbonyl (C=O) groups excluding carboxylic acids is 2. The molecule has 114 valence electrons. The van der Waals surface area contributed by atoms with Crippen LogP contribution in [0.1, 0.15) is 52.9 Å². The van der Waals surface area contributed by atoms with Crippen molar-refractivity contribution >= 4 is 11.9 Å². The number of rotatable bonds is 4. The minimum Gasteiger partial charge on any atom is -0.459 e. The molecule has 2 fully saturated rings. The molecule has 5 heteroatoms. The van der Waals surface area contributed by atoms with E-state index in [1.54, 1.807) is 20.8 Å². The first kappa shape index (κ1) is 15.3. The maximum atomic E-state index is 11.9. The Balaban J connectivity index is 1.70. The van der Waals surface area contributed by atoms with E-state index in [0.717, 1.165) is 19.3 Å². The number of aliphatic hydroxyl groups is 1. The summed E-state index contributed by atoms with van der Waals surface area (Å²) in [6.07, 6.45) is 4.07. The van der Waals surface area contributed by atoms with Crippen molar-refractivity contribution in [1.29, 1.82) is 0 Å². The van der Waals surface area contributed by atoms with E-state index in [4.69, 9.17) is 4.74 Å². The molecule has 2 saturated carbocycles. The highest BCUT2D eigenvalue weighted by Crippen LogP contribution is 2.60. The smallest absolute Gasteiger partial charge is 0.325 e. The molecule has 1 amide bonds. The van der Waals surface area contributed by atoms with Crippen LogP contribution in [0, 0.1) is 11.3 Å². The van der Waals surface area contributed by atoms with E-state index < -0.39 is 11.6 Å². The molecule has 0 aromatic carbocycles. The Kier molecular flexibility index (Phi) is 4.09. The maximum Gasteiger partial charge on any atom is 0.325 e. The second-order valence-corrected chi connectivity index (χ2v) is 7.10. The number of amides is 1. The molecule has 2 unspecified atom stereocenters. The fraction of sp³-hybridized carbons (Fsp3) is 0.867. The Hall–Kier alpha value is -1.10. The number of hydrogen-bond acceptors (Lipinski definition) is 4. The van der Waals surface area contributed by atoms with Gasteiger partial charge in [0, 0.05) is 6.42 Å². The molecule has 0 aromatic heterocycles. The molecule has 2 atom stereocenters. The van der Waals surface area contributed by atoms with Gasteiger partial charge in [0.25, 0.3) is 0 Å². The zero-order valence-corrected chi connectivity index (χ0v) is 12.6. The van der Waals surface area contributed by atoms with Gasteiger partial charge >= 0.3 is 5.97 Å². The van der Waals surface area contributed by atoms with Crippen molar-refractivity contribution in [2.45, 2.75) is 64.6 Å². The van der Waals surface area contributed by atoms with Crippen LogP contribution in [-0.4, -0.2) is 35.2 Å². The van der Waals surface area contributed by atoms with Gasteiger partial charge in [-0.1, -0.05) is 6.42 Å². The van der Waals surface area contributed by atoms with Crippen molar-refractivity contribution in [3.63, 3.8) is 0 Å². The molecule has 2 N–H and O–H groups in total. The van der Waals surface area contributed by atoms with E-state index >= 15 is 0 Å². The third-order valence-corrected chi connectivity index (χ3v) is 4.55. The van der Waals surface area contributed by atoms with Gasteiger partial charge in [0.15, 0.2) is 0 Å². The highest BCUT2D eigenvalue weighted by molar-refractivity contribution is 5.82. The summed E-state index contributed by atoms with van der Waals surface area (Å²) in [5.41, 5.74) is -0.529. The Morgan fingerprint density at radius 1 is 1.35 bits per heavy atom. The third-order valence-electron chi connectivity index (χ3n) is 4.55. The summed E-state index contributed by atoms with van der Waals surface area (Å²) in [6, 6.07) is 0. The lowest BCUT2D eigenvalue weighted by Crippen LogP contribution is -2.58. The third kappa shape index (κ3) is 3.14. The van der Waals surface area contributed by atoms with Gasteiger partial charge < -0.3 is 15.2 Å². The standard InChI is InChI=1S/C15H25NO4/c1-14(2,3)20-13(19)9-16-12(18)8-10-7-11(17)15(10)5-4-6-15/h10-11,17H,4-9H2,1-3H3,(H,16,18). The first-order valence-corrected chi connectivity index (χ1v) is 7.39. The molecule has 0 heterocycles. The minimum atomic E-state index is -0.532. The van der Waals surface area contributed by atoms with Crippen molar-refractivity contribution < 1.29 is 19.4 Å². The molecule has 20 heavy (non-hydrogen) atoms. The van der Waals surface area contributed by atoms with Crippen LogP contribution >= 0.6 is 0 Å². The lowest BCUT2D eigenvalue weighted by Gasteiger charge is -2.59. The van der Waals surface area contributed by atoms with Crippen LogP contribution in [0.25, 0.3) is 0 Å². The van der Waals surface area contributed by atoms with Crippen LogP contribution in [0.4, 0.5) is 0 Å². The summed E-state index contributed by atoms with van der Waals surface area (Å²) in [7, 11) is 0. The second-order valence-electron chi connectivity index (χ2n) is 7.10. The Morgan fingerprint density at radius 2 is 2.00 bits per heavy atom. The molecule has 0 aliphatic heterocycles. The van der Waals surface area contributed by atoms with Crippen LogP contribution in [0.2, 0.25) is 0 Å². The predicted octanol–water partition coefficient (Wildman–Crippen LogP) is 1.39. The van der Waals surface area contributed by atoms with Gasteiger partial charge in [-0.25, -0.2) is 0 Å². The molecule has 0 aromatic rings. The minimum absolute atomic E-state index is 0.00323. The molecule has 2 aliphatic rings. The van der Waals surface area contributed by atoms with Crippen molar-refractivity contribution in [2.24, 2.45) is 11.3 Å². The van der Waals surface area contributed by atoms with E-state index in [2.05, 4.69) is 5.32 Å². The van der Waals surface area contributed by atoms with E-state index in [1.165, 1.54) is 0 Å². The topological polar surface area (TPSA) is 75.6 Å². The molecular weight excluding hydrogens is 258 g/mol. The summed E-state index contributed by atoms with van der Waals surface area (Å²) >= 11 is 0. The SMILES string of the molecule is CC(C)(C)OC(=O)CNC(=O)CC1CC(O)C12CCC2. The van der Waals surface area contributed by atoms with Gasteiger partial charge in [-0.3, -0.25) is 9.59 Å². The molecule has 0 saturated heterocycles. The normalized spacial score (nSPS) is 27.4. The second kappa shape index (κ2) is 5.35. The summed E-state index contributed by atoms with van der Waals surface area (Å²) in [4.78, 5) is 23.4. The maximum absolute atomic E-state index is 11.9. The lowest BCUT2D eigenvalue weighted by molar-refractivity contribution is -0.175. The number of aliphatic hydroxyl groups excluding tert-OH is 1. The molecule has 1 spiro atoms.